The molecular weight excluding hydrogens is 289 g/mol. The molecule has 0 radical (unpaired) electrons. The van der Waals surface area contributed by atoms with Gasteiger partial charge in [-0.25, -0.2) is 4.68 Å². The minimum Gasteiger partial charge on any atom is -0.326 e. The summed E-state index contributed by atoms with van der Waals surface area (Å²) in [5.41, 5.74) is 7.66. The zero-order valence-corrected chi connectivity index (χ0v) is 9.68. The molecule has 0 atom stereocenters. The SMILES string of the molecule is NCc1cnn(-c2ccccc2I)c1. The van der Waals surface area contributed by atoms with Gasteiger partial charge in [-0.15, -0.1) is 0 Å². The second-order valence-corrected chi connectivity index (χ2v) is 4.11. The number of rotatable bonds is 2. The molecule has 0 bridgehead atoms. The van der Waals surface area contributed by atoms with Crippen LogP contribution in [0.1, 0.15) is 5.56 Å². The Hall–Kier alpha value is -0.880. The summed E-state index contributed by atoms with van der Waals surface area (Å²) < 4.78 is 3.03. The molecule has 1 aromatic heterocycles. The first-order valence-electron chi connectivity index (χ1n) is 4.30. The highest BCUT2D eigenvalue weighted by atomic mass is 127. The van der Waals surface area contributed by atoms with E-state index in [0.717, 1.165) is 11.3 Å². The predicted octanol–water partition coefficient (Wildman–Crippen LogP) is 1.94. The van der Waals surface area contributed by atoms with Crippen LogP contribution in [0, 0.1) is 3.57 Å². The summed E-state index contributed by atoms with van der Waals surface area (Å²) in [6, 6.07) is 8.11. The number of benzene rings is 1. The summed E-state index contributed by atoms with van der Waals surface area (Å²) in [6.45, 7) is 0.531. The standard InChI is InChI=1S/C10H10IN3/c11-9-3-1-2-4-10(9)14-7-8(5-12)6-13-14/h1-4,6-7H,5,12H2. The fourth-order valence-electron chi connectivity index (χ4n) is 1.23. The van der Waals surface area contributed by atoms with Crippen molar-refractivity contribution in [2.75, 3.05) is 0 Å². The van der Waals surface area contributed by atoms with Crippen molar-refractivity contribution in [2.45, 2.75) is 6.54 Å². The third-order valence-electron chi connectivity index (χ3n) is 1.97. The van der Waals surface area contributed by atoms with Crippen LogP contribution in [0.5, 0.6) is 0 Å². The van der Waals surface area contributed by atoms with E-state index in [-0.39, 0.29) is 0 Å². The van der Waals surface area contributed by atoms with E-state index in [4.69, 9.17) is 5.73 Å². The zero-order chi connectivity index (χ0) is 9.97. The summed E-state index contributed by atoms with van der Waals surface area (Å²) in [4.78, 5) is 0. The molecule has 1 aromatic carbocycles. The van der Waals surface area contributed by atoms with Crippen LogP contribution in [-0.4, -0.2) is 9.78 Å². The van der Waals surface area contributed by atoms with Gasteiger partial charge < -0.3 is 5.73 Å². The average molecular weight is 299 g/mol. The van der Waals surface area contributed by atoms with E-state index in [1.165, 1.54) is 3.57 Å². The number of hydrogen-bond donors (Lipinski definition) is 1. The third-order valence-corrected chi connectivity index (χ3v) is 2.88. The summed E-state index contributed by atoms with van der Waals surface area (Å²) >= 11 is 2.29. The second-order valence-electron chi connectivity index (χ2n) is 2.95. The highest BCUT2D eigenvalue weighted by molar-refractivity contribution is 14.1. The molecule has 3 nitrogen and oxygen atoms in total. The monoisotopic (exact) mass is 299 g/mol. The quantitative estimate of drug-likeness (QED) is 0.861. The van der Waals surface area contributed by atoms with Gasteiger partial charge in [0.2, 0.25) is 0 Å². The lowest BCUT2D eigenvalue weighted by molar-refractivity contribution is 0.874. The van der Waals surface area contributed by atoms with Gasteiger partial charge in [-0.1, -0.05) is 12.1 Å². The van der Waals surface area contributed by atoms with Crippen LogP contribution in [0.4, 0.5) is 0 Å². The van der Waals surface area contributed by atoms with Crippen molar-refractivity contribution < 1.29 is 0 Å². The first-order valence-corrected chi connectivity index (χ1v) is 5.37. The van der Waals surface area contributed by atoms with Gasteiger partial charge in [-0.05, 0) is 34.7 Å². The van der Waals surface area contributed by atoms with Crippen molar-refractivity contribution in [1.82, 2.24) is 9.78 Å². The van der Waals surface area contributed by atoms with Crippen molar-refractivity contribution in [3.8, 4) is 5.69 Å². The molecule has 72 valence electrons. The van der Waals surface area contributed by atoms with Gasteiger partial charge in [0, 0.05) is 21.9 Å². The van der Waals surface area contributed by atoms with Gasteiger partial charge in [0.25, 0.3) is 0 Å². The Labute approximate surface area is 96.1 Å². The van der Waals surface area contributed by atoms with Crippen molar-refractivity contribution in [3.05, 3.63) is 45.8 Å². The molecule has 14 heavy (non-hydrogen) atoms. The number of nitrogens with zero attached hydrogens (tertiary/aromatic N) is 2. The molecule has 1 heterocycles. The maximum atomic E-state index is 5.52. The van der Waals surface area contributed by atoms with Gasteiger partial charge in [0.1, 0.15) is 0 Å². The lowest BCUT2D eigenvalue weighted by Crippen LogP contribution is -1.97. The molecule has 2 N–H and O–H groups in total. The Kier molecular flexibility index (Phi) is 2.83. The molecule has 0 unspecified atom stereocenters. The molecule has 0 saturated heterocycles. The van der Waals surface area contributed by atoms with Crippen LogP contribution in [0.3, 0.4) is 0 Å². The van der Waals surface area contributed by atoms with Crippen LogP contribution in [0.15, 0.2) is 36.7 Å². The second kappa shape index (κ2) is 4.10. The Bertz CT molecular complexity index is 436. The smallest absolute Gasteiger partial charge is 0.0779 e. The molecule has 4 heteroatoms. The molecule has 2 aromatic rings. The molecule has 0 spiro atoms. The molecule has 0 saturated carbocycles. The Morgan fingerprint density at radius 3 is 2.79 bits per heavy atom. The molecule has 0 aliphatic rings. The highest BCUT2D eigenvalue weighted by Gasteiger charge is 2.02. The maximum Gasteiger partial charge on any atom is 0.0779 e. The van der Waals surface area contributed by atoms with Crippen molar-refractivity contribution in [3.63, 3.8) is 0 Å². The Morgan fingerprint density at radius 2 is 2.14 bits per heavy atom. The fourth-order valence-corrected chi connectivity index (χ4v) is 1.87. The van der Waals surface area contributed by atoms with Crippen molar-refractivity contribution in [2.24, 2.45) is 5.73 Å². The molecular formula is C10H10IN3. The Balaban J connectivity index is 2.44. The van der Waals surface area contributed by atoms with Crippen molar-refractivity contribution in [1.29, 1.82) is 0 Å². The first-order chi connectivity index (χ1) is 6.81. The van der Waals surface area contributed by atoms with Gasteiger partial charge in [-0.2, -0.15) is 5.10 Å². The van der Waals surface area contributed by atoms with Crippen LogP contribution in [0.2, 0.25) is 0 Å². The third kappa shape index (κ3) is 1.80. The molecule has 0 fully saturated rings. The number of aromatic nitrogens is 2. The van der Waals surface area contributed by atoms with E-state index in [2.05, 4.69) is 33.8 Å². The topological polar surface area (TPSA) is 43.8 Å². The number of para-hydroxylation sites is 1. The van der Waals surface area contributed by atoms with Gasteiger partial charge in [0.15, 0.2) is 0 Å². The fraction of sp³-hybridized carbons (Fsp3) is 0.100. The normalized spacial score (nSPS) is 10.4. The lowest BCUT2D eigenvalue weighted by atomic mass is 10.3. The van der Waals surface area contributed by atoms with Gasteiger partial charge in [0.05, 0.1) is 11.9 Å². The summed E-state index contributed by atoms with van der Waals surface area (Å²) in [6.07, 6.45) is 3.75. The molecule has 0 amide bonds. The number of nitrogens with two attached hydrogens (primary N) is 1. The van der Waals surface area contributed by atoms with E-state index < -0.39 is 0 Å². The van der Waals surface area contributed by atoms with Crippen LogP contribution >= 0.6 is 22.6 Å². The molecule has 2 rings (SSSR count). The van der Waals surface area contributed by atoms with Gasteiger partial charge in [-0.3, -0.25) is 0 Å². The van der Waals surface area contributed by atoms with Crippen LogP contribution < -0.4 is 5.73 Å². The van der Waals surface area contributed by atoms with E-state index >= 15 is 0 Å². The molecule has 0 aliphatic heterocycles. The summed E-state index contributed by atoms with van der Waals surface area (Å²) in [7, 11) is 0. The summed E-state index contributed by atoms with van der Waals surface area (Å²) in [5, 5.41) is 4.25. The Morgan fingerprint density at radius 1 is 1.36 bits per heavy atom. The predicted molar refractivity (Wildman–Crippen MR) is 64.2 cm³/mol. The number of hydrogen-bond acceptors (Lipinski definition) is 2. The maximum absolute atomic E-state index is 5.52. The van der Waals surface area contributed by atoms with Crippen LogP contribution in [0.25, 0.3) is 5.69 Å². The largest absolute Gasteiger partial charge is 0.326 e. The lowest BCUT2D eigenvalue weighted by Gasteiger charge is -2.02. The highest BCUT2D eigenvalue weighted by Crippen LogP contribution is 2.15. The first kappa shape index (κ1) is 9.67. The zero-order valence-electron chi connectivity index (χ0n) is 7.52. The van der Waals surface area contributed by atoms with Crippen molar-refractivity contribution >= 4 is 22.6 Å². The van der Waals surface area contributed by atoms with E-state index in [1.54, 1.807) is 6.20 Å². The minimum absolute atomic E-state index is 0.531. The van der Waals surface area contributed by atoms with Crippen LogP contribution in [-0.2, 0) is 6.54 Å². The summed E-state index contributed by atoms with van der Waals surface area (Å²) in [5.74, 6) is 0. The van der Waals surface area contributed by atoms with E-state index in [1.807, 2.05) is 29.1 Å². The average Bonchev–Trinajstić information content (AvgIpc) is 2.67. The van der Waals surface area contributed by atoms with Gasteiger partial charge >= 0.3 is 0 Å². The van der Waals surface area contributed by atoms with E-state index in [9.17, 15) is 0 Å². The molecule has 0 aliphatic carbocycles. The van der Waals surface area contributed by atoms with E-state index in [0.29, 0.717) is 6.54 Å². The minimum atomic E-state index is 0.531. The number of halogens is 1.